The number of rotatable bonds is 4. The van der Waals surface area contributed by atoms with Gasteiger partial charge in [0.25, 0.3) is 5.91 Å². The number of likely N-dealkylation sites (tertiary alicyclic amines) is 1. The summed E-state index contributed by atoms with van der Waals surface area (Å²) in [4.78, 5) is 34.7. The normalized spacial score (nSPS) is 18.1. The van der Waals surface area contributed by atoms with Crippen LogP contribution in [-0.4, -0.2) is 79.9 Å². The second kappa shape index (κ2) is 11.7. The number of benzene rings is 2. The molecule has 7 nitrogen and oxygen atoms in total. The van der Waals surface area contributed by atoms with Gasteiger partial charge < -0.3 is 19.4 Å². The Bertz CT molecular complexity index is 1030. The van der Waals surface area contributed by atoms with Crippen LogP contribution in [0, 0.1) is 0 Å². The van der Waals surface area contributed by atoms with Crippen molar-refractivity contribution >= 4 is 17.5 Å². The van der Waals surface area contributed by atoms with Gasteiger partial charge in [0.2, 0.25) is 5.91 Å². The van der Waals surface area contributed by atoms with Crippen LogP contribution in [0.3, 0.4) is 0 Å². The molecule has 1 fully saturated rings. The highest BCUT2D eigenvalue weighted by molar-refractivity contribution is 5.95. The number of fused-ring (bicyclic) bond motifs is 1. The zero-order valence-corrected chi connectivity index (χ0v) is 21.3. The Hall–Kier alpha value is -2.90. The van der Waals surface area contributed by atoms with Gasteiger partial charge in [-0.3, -0.25) is 14.5 Å². The molecule has 1 saturated heterocycles. The van der Waals surface area contributed by atoms with Crippen molar-refractivity contribution in [2.75, 3.05) is 58.3 Å². The summed E-state index contributed by atoms with van der Waals surface area (Å²) < 4.78 is 5.62. The molecular formula is C28H38N4O3. The van der Waals surface area contributed by atoms with Crippen LogP contribution in [0.2, 0.25) is 0 Å². The van der Waals surface area contributed by atoms with Gasteiger partial charge in [-0.15, -0.1) is 0 Å². The standard InChI is InChI=1S/C28H38N4O3/c1-22(33)32-16-8-13-29(2)17-18-31(21-24-9-4-5-10-26(24)32)28(34)23-11-12-27(35-3)25(19-23)20-30-14-6-7-15-30/h4-5,9-12,19H,6-8,13-18,20-21H2,1-3H3. The Labute approximate surface area is 209 Å². The molecule has 2 heterocycles. The first-order valence-corrected chi connectivity index (χ1v) is 12.7. The van der Waals surface area contributed by atoms with Crippen molar-refractivity contribution in [3.63, 3.8) is 0 Å². The quantitative estimate of drug-likeness (QED) is 0.672. The van der Waals surface area contributed by atoms with Crippen LogP contribution in [0.15, 0.2) is 42.5 Å². The fourth-order valence-corrected chi connectivity index (χ4v) is 5.11. The summed E-state index contributed by atoms with van der Waals surface area (Å²) in [6.07, 6.45) is 3.33. The van der Waals surface area contributed by atoms with Crippen molar-refractivity contribution in [1.82, 2.24) is 14.7 Å². The molecule has 0 saturated carbocycles. The van der Waals surface area contributed by atoms with Crippen LogP contribution in [0.5, 0.6) is 5.75 Å². The molecule has 0 spiro atoms. The van der Waals surface area contributed by atoms with E-state index in [2.05, 4.69) is 16.8 Å². The Balaban J connectivity index is 1.64. The molecular weight excluding hydrogens is 440 g/mol. The number of carbonyl (C=O) groups excluding carboxylic acids is 2. The van der Waals surface area contributed by atoms with E-state index in [4.69, 9.17) is 4.74 Å². The molecule has 0 atom stereocenters. The Morgan fingerprint density at radius 3 is 2.43 bits per heavy atom. The van der Waals surface area contributed by atoms with Gasteiger partial charge in [0.1, 0.15) is 5.75 Å². The van der Waals surface area contributed by atoms with Gasteiger partial charge in [0, 0.05) is 56.5 Å². The topological polar surface area (TPSA) is 56.3 Å². The molecule has 0 unspecified atom stereocenters. The molecule has 2 aliphatic heterocycles. The van der Waals surface area contributed by atoms with E-state index in [1.807, 2.05) is 52.3 Å². The molecule has 7 heteroatoms. The van der Waals surface area contributed by atoms with Gasteiger partial charge in [0.15, 0.2) is 0 Å². The molecule has 0 aliphatic carbocycles. The predicted molar refractivity (Wildman–Crippen MR) is 139 cm³/mol. The summed E-state index contributed by atoms with van der Waals surface area (Å²) in [5.74, 6) is 0.860. The maximum absolute atomic E-state index is 13.8. The fourth-order valence-electron chi connectivity index (χ4n) is 5.11. The molecule has 0 radical (unpaired) electrons. The molecule has 4 rings (SSSR count). The summed E-state index contributed by atoms with van der Waals surface area (Å²) in [5.41, 5.74) is 3.62. The van der Waals surface area contributed by atoms with E-state index in [1.165, 1.54) is 12.8 Å². The van der Waals surface area contributed by atoms with E-state index < -0.39 is 0 Å². The lowest BCUT2D eigenvalue weighted by molar-refractivity contribution is -0.116. The van der Waals surface area contributed by atoms with Crippen LogP contribution in [0.1, 0.15) is 47.7 Å². The minimum Gasteiger partial charge on any atom is -0.496 e. The van der Waals surface area contributed by atoms with Gasteiger partial charge in [-0.1, -0.05) is 18.2 Å². The van der Waals surface area contributed by atoms with Crippen molar-refractivity contribution in [3.8, 4) is 5.75 Å². The molecule has 2 aromatic rings. The largest absolute Gasteiger partial charge is 0.496 e. The minimum absolute atomic E-state index is 0.00662. The van der Waals surface area contributed by atoms with E-state index in [-0.39, 0.29) is 11.8 Å². The number of methoxy groups -OCH3 is 1. The van der Waals surface area contributed by atoms with Crippen molar-refractivity contribution < 1.29 is 14.3 Å². The van der Waals surface area contributed by atoms with E-state index in [1.54, 1.807) is 14.0 Å². The van der Waals surface area contributed by atoms with Crippen molar-refractivity contribution in [2.24, 2.45) is 0 Å². The first-order valence-electron chi connectivity index (χ1n) is 12.7. The highest BCUT2D eigenvalue weighted by atomic mass is 16.5. The Morgan fingerprint density at radius 2 is 1.69 bits per heavy atom. The third-order valence-electron chi connectivity index (χ3n) is 7.10. The second-order valence-electron chi connectivity index (χ2n) is 9.69. The number of carbonyl (C=O) groups is 2. The van der Waals surface area contributed by atoms with Crippen LogP contribution in [-0.2, 0) is 17.9 Å². The third kappa shape index (κ3) is 6.21. The number of hydrogen-bond acceptors (Lipinski definition) is 5. The van der Waals surface area contributed by atoms with Gasteiger partial charge in [-0.2, -0.15) is 0 Å². The lowest BCUT2D eigenvalue weighted by Gasteiger charge is -2.28. The SMILES string of the molecule is COc1ccc(C(=O)N2CCN(C)CCCN(C(C)=O)c3ccccc3C2)cc1CN1CCCC1. The first-order chi connectivity index (χ1) is 17.0. The van der Waals surface area contributed by atoms with E-state index >= 15 is 0 Å². The molecule has 35 heavy (non-hydrogen) atoms. The predicted octanol–water partition coefficient (Wildman–Crippen LogP) is 3.62. The van der Waals surface area contributed by atoms with Crippen molar-refractivity contribution in [3.05, 3.63) is 59.2 Å². The van der Waals surface area contributed by atoms with Crippen molar-refractivity contribution in [1.29, 1.82) is 0 Å². The van der Waals surface area contributed by atoms with Crippen LogP contribution in [0.25, 0.3) is 0 Å². The summed E-state index contributed by atoms with van der Waals surface area (Å²) in [6.45, 7) is 7.99. The molecule has 2 aromatic carbocycles. The summed E-state index contributed by atoms with van der Waals surface area (Å²) >= 11 is 0. The lowest BCUT2D eigenvalue weighted by atomic mass is 10.1. The number of likely N-dealkylation sites (N-methyl/N-ethyl adjacent to an activating group) is 1. The molecule has 188 valence electrons. The average Bonchev–Trinajstić information content (AvgIpc) is 3.36. The number of para-hydroxylation sites is 1. The maximum Gasteiger partial charge on any atom is 0.254 e. The molecule has 0 aromatic heterocycles. The van der Waals surface area contributed by atoms with Crippen LogP contribution < -0.4 is 9.64 Å². The Morgan fingerprint density at radius 1 is 0.914 bits per heavy atom. The average molecular weight is 479 g/mol. The van der Waals surface area contributed by atoms with Gasteiger partial charge >= 0.3 is 0 Å². The third-order valence-corrected chi connectivity index (χ3v) is 7.10. The van der Waals surface area contributed by atoms with E-state index in [0.29, 0.717) is 25.2 Å². The highest BCUT2D eigenvalue weighted by Crippen LogP contribution is 2.27. The number of amides is 2. The second-order valence-corrected chi connectivity index (χ2v) is 9.69. The molecule has 0 bridgehead atoms. The Kier molecular flexibility index (Phi) is 8.42. The number of nitrogens with zero attached hydrogens (tertiary/aromatic N) is 4. The highest BCUT2D eigenvalue weighted by Gasteiger charge is 2.23. The molecule has 2 aliphatic rings. The van der Waals surface area contributed by atoms with Crippen molar-refractivity contribution in [2.45, 2.75) is 39.3 Å². The monoisotopic (exact) mass is 478 g/mol. The van der Waals surface area contributed by atoms with Gasteiger partial charge in [-0.25, -0.2) is 0 Å². The van der Waals surface area contributed by atoms with Crippen LogP contribution in [0.4, 0.5) is 5.69 Å². The van der Waals surface area contributed by atoms with Gasteiger partial charge in [-0.05, 0) is 75.8 Å². The summed E-state index contributed by atoms with van der Waals surface area (Å²) in [7, 11) is 3.76. The molecule has 0 N–H and O–H groups in total. The smallest absolute Gasteiger partial charge is 0.254 e. The lowest BCUT2D eigenvalue weighted by Crippen LogP contribution is -2.37. The first kappa shape index (κ1) is 25.2. The van der Waals surface area contributed by atoms with Crippen LogP contribution >= 0.6 is 0 Å². The zero-order valence-electron chi connectivity index (χ0n) is 21.3. The maximum atomic E-state index is 13.8. The number of ether oxygens (including phenoxy) is 1. The fraction of sp³-hybridized carbons (Fsp3) is 0.500. The van der Waals surface area contributed by atoms with E-state index in [0.717, 1.165) is 61.7 Å². The van der Waals surface area contributed by atoms with Gasteiger partial charge in [0.05, 0.1) is 7.11 Å². The minimum atomic E-state index is 0.00662. The number of anilines is 1. The zero-order chi connectivity index (χ0) is 24.8. The number of hydrogen-bond donors (Lipinski definition) is 0. The summed E-state index contributed by atoms with van der Waals surface area (Å²) in [5, 5.41) is 0. The van der Waals surface area contributed by atoms with E-state index in [9.17, 15) is 9.59 Å². The summed E-state index contributed by atoms with van der Waals surface area (Å²) in [6, 6.07) is 13.7. The molecule has 2 amide bonds.